The number of aliphatic hydroxyl groups excluding tert-OH is 1. The largest absolute Gasteiger partial charge is 0.465 e. The van der Waals surface area contributed by atoms with E-state index in [0.29, 0.717) is 50.1 Å². The number of amides is 1. The molecule has 3 rings (SSSR count). The molecule has 3 heterocycles. The highest BCUT2D eigenvalue weighted by atomic mass is 16.7. The first-order valence-electron chi connectivity index (χ1n) is 25.0. The Kier molecular flexibility index (Phi) is 58.4. The van der Waals surface area contributed by atoms with Crippen LogP contribution in [0.15, 0.2) is 45.3 Å². The maximum Gasteiger partial charge on any atom is 0.316 e. The molecule has 5 unspecified atom stereocenters. The fourth-order valence-corrected chi connectivity index (χ4v) is 4.62. The number of ketones is 1. The van der Waals surface area contributed by atoms with Crippen molar-refractivity contribution in [2.45, 2.75) is 208 Å². The molecular formula is C53H103N5O10. The normalized spacial score (nSPS) is 15.7. The Morgan fingerprint density at radius 2 is 1.47 bits per heavy atom. The van der Waals surface area contributed by atoms with Crippen LogP contribution in [0.25, 0.3) is 11.3 Å². The maximum absolute atomic E-state index is 11.4. The Morgan fingerprint density at radius 3 is 1.85 bits per heavy atom. The molecule has 0 radical (unpaired) electrons. The van der Waals surface area contributed by atoms with E-state index in [2.05, 4.69) is 67.0 Å². The van der Waals surface area contributed by atoms with E-state index in [0.717, 1.165) is 54.3 Å². The van der Waals surface area contributed by atoms with Gasteiger partial charge in [0, 0.05) is 63.6 Å². The molecule has 2 aromatic heterocycles. The number of aliphatic hydroxyl groups is 1. The number of aliphatic imine (C=N–C) groups is 1. The van der Waals surface area contributed by atoms with Crippen molar-refractivity contribution in [2.75, 3.05) is 41.5 Å². The van der Waals surface area contributed by atoms with Crippen LogP contribution >= 0.6 is 0 Å². The van der Waals surface area contributed by atoms with E-state index < -0.39 is 18.0 Å². The fourth-order valence-electron chi connectivity index (χ4n) is 4.62. The molecule has 0 aliphatic carbocycles. The van der Waals surface area contributed by atoms with Crippen LogP contribution in [0.2, 0.25) is 0 Å². The highest BCUT2D eigenvalue weighted by Gasteiger charge is 2.28. The summed E-state index contributed by atoms with van der Waals surface area (Å²) in [6.07, 6.45) is 7.36. The second-order valence-corrected chi connectivity index (χ2v) is 15.7. The predicted octanol–water partition coefficient (Wildman–Crippen LogP) is 12.5. The summed E-state index contributed by atoms with van der Waals surface area (Å²) in [7, 11) is 7.55. The van der Waals surface area contributed by atoms with Crippen molar-refractivity contribution in [1.29, 1.82) is 0 Å². The van der Waals surface area contributed by atoms with Gasteiger partial charge in [0.2, 0.25) is 5.91 Å². The Hall–Kier alpha value is -3.89. The van der Waals surface area contributed by atoms with Crippen LogP contribution < -0.4 is 0 Å². The topological polar surface area (TPSA) is 184 Å². The number of oxime groups is 1. The third-order valence-electron chi connectivity index (χ3n) is 8.38. The number of carbonyl (C=O) groups is 3. The first kappa shape index (κ1) is 75.6. The molecule has 1 saturated heterocycles. The van der Waals surface area contributed by atoms with E-state index in [1.165, 1.54) is 6.92 Å². The minimum absolute atomic E-state index is 0.0128. The lowest BCUT2D eigenvalue weighted by Crippen LogP contribution is -2.42. The molecule has 0 aromatic carbocycles. The highest BCUT2D eigenvalue weighted by Crippen LogP contribution is 2.22. The zero-order valence-corrected chi connectivity index (χ0v) is 47.6. The Bertz CT molecular complexity index is 1460. The average molecular weight is 970 g/mol. The minimum atomic E-state index is -0.713. The fraction of sp³-hybridized carbons (Fsp3) is 0.755. The van der Waals surface area contributed by atoms with Crippen molar-refractivity contribution < 1.29 is 47.8 Å². The number of carbonyl (C=O) groups excluding carboxylic acids is 3. The number of nitrogens with zero attached hydrogens (tertiary/aromatic N) is 5. The molecule has 15 heteroatoms. The lowest BCUT2D eigenvalue weighted by molar-refractivity contribution is -0.188. The monoisotopic (exact) mass is 970 g/mol. The first-order chi connectivity index (χ1) is 32.2. The Morgan fingerprint density at radius 1 is 0.897 bits per heavy atom. The molecule has 1 aliphatic rings. The quantitative estimate of drug-likeness (QED) is 0.0684. The van der Waals surface area contributed by atoms with E-state index in [9.17, 15) is 14.4 Å². The van der Waals surface area contributed by atoms with Crippen molar-refractivity contribution in [1.82, 2.24) is 15.0 Å². The Labute approximate surface area is 415 Å². The van der Waals surface area contributed by atoms with Gasteiger partial charge in [-0.2, -0.15) is 0 Å². The molecule has 400 valence electrons. The van der Waals surface area contributed by atoms with E-state index in [1.54, 1.807) is 46.5 Å². The SMILES string of the molecule is CC.CC.CC.CC.CC(=O)N=C(C)C(C)C.CC(C)C.CC/C(COC)=N/OCc1ccc(-c2ccno2)cn1.CCCOC(=O)C(C)C(=O)CCC(C)O.COC1CC(N(C)C)CC(C)O1. The van der Waals surface area contributed by atoms with Gasteiger partial charge < -0.3 is 38.3 Å². The molecule has 0 saturated carbocycles. The molecule has 1 fully saturated rings. The van der Waals surface area contributed by atoms with Crippen molar-refractivity contribution in [3.05, 3.63) is 36.3 Å². The first-order valence-corrected chi connectivity index (χ1v) is 25.0. The number of hydrogen-bond acceptors (Lipinski definition) is 14. The van der Waals surface area contributed by atoms with Crippen molar-refractivity contribution >= 4 is 29.1 Å². The van der Waals surface area contributed by atoms with Crippen LogP contribution in [0.3, 0.4) is 0 Å². The second kappa shape index (κ2) is 52.5. The van der Waals surface area contributed by atoms with E-state index >= 15 is 0 Å². The van der Waals surface area contributed by atoms with Crippen molar-refractivity contribution in [3.8, 4) is 11.3 Å². The van der Waals surface area contributed by atoms with Gasteiger partial charge in [-0.1, -0.05) is 114 Å². The minimum Gasteiger partial charge on any atom is -0.465 e. The lowest BCUT2D eigenvalue weighted by Gasteiger charge is -2.36. The predicted molar refractivity (Wildman–Crippen MR) is 283 cm³/mol. The third-order valence-corrected chi connectivity index (χ3v) is 8.38. The molecular weight excluding hydrogens is 867 g/mol. The number of ether oxygens (including phenoxy) is 4. The van der Waals surface area contributed by atoms with Gasteiger partial charge >= 0.3 is 5.97 Å². The zero-order valence-electron chi connectivity index (χ0n) is 47.6. The van der Waals surface area contributed by atoms with E-state index in [4.69, 9.17) is 33.4 Å². The smallest absolute Gasteiger partial charge is 0.316 e. The molecule has 15 nitrogen and oxygen atoms in total. The molecule has 2 aromatic rings. The van der Waals surface area contributed by atoms with E-state index in [-0.39, 0.29) is 24.4 Å². The van der Waals surface area contributed by atoms with Crippen LogP contribution in [-0.2, 0) is 44.8 Å². The maximum atomic E-state index is 11.4. The summed E-state index contributed by atoms with van der Waals surface area (Å²) < 4.78 is 25.7. The summed E-state index contributed by atoms with van der Waals surface area (Å²) in [6, 6.07) is 6.16. The molecule has 0 bridgehead atoms. The number of Topliss-reactive ketones (excluding diaryl/α,β-unsaturated/α-hetero) is 1. The van der Waals surface area contributed by atoms with Crippen molar-refractivity contribution in [3.63, 3.8) is 0 Å². The van der Waals surface area contributed by atoms with Gasteiger partial charge in [0.05, 0.1) is 43.0 Å². The van der Waals surface area contributed by atoms with Gasteiger partial charge in [-0.05, 0) is 91.4 Å². The number of pyridine rings is 1. The highest BCUT2D eigenvalue weighted by molar-refractivity contribution is 5.98. The van der Waals surface area contributed by atoms with Crippen LogP contribution in [0.5, 0.6) is 0 Å². The van der Waals surface area contributed by atoms with Gasteiger partial charge in [0.25, 0.3) is 0 Å². The molecule has 68 heavy (non-hydrogen) atoms. The summed E-state index contributed by atoms with van der Waals surface area (Å²) >= 11 is 0. The molecule has 0 spiro atoms. The molecule has 1 aliphatic heterocycles. The molecule has 5 atom stereocenters. The third kappa shape index (κ3) is 45.9. The summed E-state index contributed by atoms with van der Waals surface area (Å²) in [4.78, 5) is 48.6. The number of rotatable bonds is 17. The summed E-state index contributed by atoms with van der Waals surface area (Å²) in [5, 5.41) is 16.7. The van der Waals surface area contributed by atoms with Crippen LogP contribution in [0.1, 0.15) is 183 Å². The lowest BCUT2D eigenvalue weighted by atomic mass is 10.0. The molecule has 1 N–H and O–H groups in total. The van der Waals surface area contributed by atoms with Crippen LogP contribution in [0, 0.1) is 17.8 Å². The van der Waals surface area contributed by atoms with Gasteiger partial charge in [-0.25, -0.2) is 4.99 Å². The van der Waals surface area contributed by atoms with Gasteiger partial charge in [0.1, 0.15) is 11.7 Å². The van der Waals surface area contributed by atoms with Crippen molar-refractivity contribution in [2.24, 2.45) is 27.9 Å². The summed E-state index contributed by atoms with van der Waals surface area (Å²) in [5.41, 5.74) is 3.45. The average Bonchev–Trinajstić information content (AvgIpc) is 3.88. The second-order valence-electron chi connectivity index (χ2n) is 15.7. The Balaban J connectivity index is -0.000000180. The van der Waals surface area contributed by atoms with Gasteiger partial charge in [-0.15, -0.1) is 0 Å². The number of aromatic nitrogens is 2. The van der Waals surface area contributed by atoms with Crippen LogP contribution in [0.4, 0.5) is 0 Å². The molecule has 1 amide bonds. The standard InChI is InChI=1S/C14H17N3O3.C11H20O4.C9H19NO2.C7H13NO.C4H10.4C2H6/c1-3-12(9-18-2)17-19-10-13-5-4-11(8-15-13)14-6-7-16-20-14;1-4-7-15-11(14)9(3)10(13)6-5-8(2)12;1-7-5-8(10(2)3)6-9(11-4)12-7;1-5(2)6(3)8-7(4)9;1-4(2)3;4*1-2/h4-8H,3,9-10H2,1-2H3;8-9,12H,4-7H2,1-3H3;7-9H,5-6H2,1-4H3;5H,1-4H3;4H,1-3H3;4*1-2H3/b17-12-;;;;;;;;. The number of hydrogen-bond donors (Lipinski definition) is 1. The zero-order chi connectivity index (χ0) is 54.2. The van der Waals surface area contributed by atoms with Gasteiger partial charge in [-0.3, -0.25) is 19.4 Å². The summed E-state index contributed by atoms with van der Waals surface area (Å²) in [6.45, 7) is 40.2. The van der Waals surface area contributed by atoms with Gasteiger partial charge in [0.15, 0.2) is 18.7 Å². The number of esters is 1. The summed E-state index contributed by atoms with van der Waals surface area (Å²) in [5.74, 6) is 0.450. The van der Waals surface area contributed by atoms with Crippen LogP contribution in [-0.4, -0.2) is 115 Å². The van der Waals surface area contributed by atoms with E-state index in [1.807, 2.05) is 102 Å². The number of methoxy groups -OCH3 is 2.